The standard InChI is InChI=1S/C25H25N3O5S2/c29-21-6-8-22(9-7-21)35(32,33)28(15-19-5-10-23-20(13-19)11-12-26-23)24(25(30)27-31)14-17-1-3-18(16-34)4-2-17/h1-13,24,26,29,31,34H,14-16H2,(H,27,30)/t24-/m1/s1. The molecule has 1 aromatic heterocycles. The van der Waals surface area contributed by atoms with Crippen LogP contribution in [0.2, 0.25) is 0 Å². The number of aromatic amines is 1. The predicted molar refractivity (Wildman–Crippen MR) is 136 cm³/mol. The number of aromatic nitrogens is 1. The van der Waals surface area contributed by atoms with E-state index in [0.717, 1.165) is 26.3 Å². The number of phenolic OH excluding ortho intramolecular Hbond substituents is 1. The number of hydroxylamine groups is 1. The third-order valence-electron chi connectivity index (χ3n) is 5.79. The van der Waals surface area contributed by atoms with E-state index in [1.54, 1.807) is 29.9 Å². The normalized spacial score (nSPS) is 12.7. The molecular weight excluding hydrogens is 486 g/mol. The highest BCUT2D eigenvalue weighted by Gasteiger charge is 2.36. The molecule has 0 saturated carbocycles. The number of carbonyl (C=O) groups excluding carboxylic acids is 1. The van der Waals surface area contributed by atoms with Crippen LogP contribution < -0.4 is 5.48 Å². The minimum Gasteiger partial charge on any atom is -0.508 e. The first-order valence-electron chi connectivity index (χ1n) is 10.8. The Morgan fingerprint density at radius 1 is 0.971 bits per heavy atom. The lowest BCUT2D eigenvalue weighted by molar-refractivity contribution is -0.133. The summed E-state index contributed by atoms with van der Waals surface area (Å²) in [6.07, 6.45) is 1.82. The van der Waals surface area contributed by atoms with Crippen molar-refractivity contribution in [2.75, 3.05) is 0 Å². The van der Waals surface area contributed by atoms with E-state index in [9.17, 15) is 23.5 Å². The summed E-state index contributed by atoms with van der Waals surface area (Å²) in [4.78, 5) is 15.9. The van der Waals surface area contributed by atoms with Gasteiger partial charge in [-0.15, -0.1) is 0 Å². The van der Waals surface area contributed by atoms with Gasteiger partial charge in [-0.1, -0.05) is 30.3 Å². The zero-order chi connectivity index (χ0) is 25.0. The van der Waals surface area contributed by atoms with Crippen molar-refractivity contribution in [3.8, 4) is 5.75 Å². The van der Waals surface area contributed by atoms with Gasteiger partial charge in [-0.25, -0.2) is 13.9 Å². The van der Waals surface area contributed by atoms with Crippen molar-refractivity contribution < 1.29 is 23.5 Å². The third kappa shape index (κ3) is 5.51. The van der Waals surface area contributed by atoms with Crippen LogP contribution in [0.5, 0.6) is 5.75 Å². The van der Waals surface area contributed by atoms with E-state index in [0.29, 0.717) is 11.3 Å². The molecule has 0 aliphatic carbocycles. The number of nitrogens with zero attached hydrogens (tertiary/aromatic N) is 1. The Balaban J connectivity index is 1.78. The molecule has 182 valence electrons. The molecule has 0 aliphatic heterocycles. The Hall–Kier alpha value is -3.31. The van der Waals surface area contributed by atoms with Gasteiger partial charge in [0.15, 0.2) is 0 Å². The van der Waals surface area contributed by atoms with Crippen LogP contribution in [0.25, 0.3) is 10.9 Å². The van der Waals surface area contributed by atoms with Crippen molar-refractivity contribution in [3.63, 3.8) is 0 Å². The van der Waals surface area contributed by atoms with Gasteiger partial charge in [0.05, 0.1) is 4.90 Å². The largest absolute Gasteiger partial charge is 0.508 e. The number of benzene rings is 3. The average Bonchev–Trinajstić information content (AvgIpc) is 3.34. The number of thiol groups is 1. The second-order valence-electron chi connectivity index (χ2n) is 8.11. The maximum atomic E-state index is 13.8. The number of amides is 1. The second-order valence-corrected chi connectivity index (χ2v) is 10.3. The van der Waals surface area contributed by atoms with Crippen LogP contribution in [0.1, 0.15) is 16.7 Å². The van der Waals surface area contributed by atoms with E-state index in [2.05, 4.69) is 17.6 Å². The quantitative estimate of drug-likeness (QED) is 0.133. The lowest BCUT2D eigenvalue weighted by Gasteiger charge is -2.30. The van der Waals surface area contributed by atoms with E-state index in [-0.39, 0.29) is 23.6 Å². The van der Waals surface area contributed by atoms with E-state index < -0.39 is 22.0 Å². The molecule has 0 unspecified atom stereocenters. The zero-order valence-electron chi connectivity index (χ0n) is 18.6. The summed E-state index contributed by atoms with van der Waals surface area (Å²) in [6.45, 7) is -0.114. The molecule has 0 aliphatic rings. The fourth-order valence-corrected chi connectivity index (χ4v) is 5.69. The summed E-state index contributed by atoms with van der Waals surface area (Å²) in [7, 11) is -4.21. The topological polar surface area (TPSA) is 123 Å². The molecule has 1 amide bonds. The Bertz CT molecular complexity index is 1420. The number of sulfonamides is 1. The SMILES string of the molecule is O=C(NO)[C@@H](Cc1ccc(CS)cc1)N(Cc1ccc2[nH]ccc2c1)S(=O)(=O)c1ccc(O)cc1. The molecule has 4 rings (SSSR count). The fourth-order valence-electron chi connectivity index (χ4n) is 3.90. The number of carbonyl (C=O) groups is 1. The molecule has 1 heterocycles. The number of rotatable bonds is 9. The Morgan fingerprint density at radius 2 is 1.63 bits per heavy atom. The van der Waals surface area contributed by atoms with E-state index >= 15 is 0 Å². The first kappa shape index (κ1) is 24.8. The minimum atomic E-state index is -4.21. The second kappa shape index (κ2) is 10.5. The summed E-state index contributed by atoms with van der Waals surface area (Å²) in [5.41, 5.74) is 4.89. The highest BCUT2D eigenvalue weighted by molar-refractivity contribution is 7.89. The zero-order valence-corrected chi connectivity index (χ0v) is 20.3. The van der Waals surface area contributed by atoms with Gasteiger partial charge < -0.3 is 10.1 Å². The van der Waals surface area contributed by atoms with Gasteiger partial charge in [0, 0.05) is 24.0 Å². The molecule has 0 spiro atoms. The van der Waals surface area contributed by atoms with Crippen molar-refractivity contribution in [2.24, 2.45) is 0 Å². The number of fused-ring (bicyclic) bond motifs is 1. The molecule has 3 aromatic carbocycles. The summed E-state index contributed by atoms with van der Waals surface area (Å²) < 4.78 is 28.6. The van der Waals surface area contributed by atoms with Crippen LogP contribution in [-0.4, -0.2) is 40.0 Å². The number of hydrogen-bond acceptors (Lipinski definition) is 6. The average molecular weight is 512 g/mol. The summed E-state index contributed by atoms with van der Waals surface area (Å²) >= 11 is 4.25. The minimum absolute atomic E-state index is 0.0307. The molecule has 35 heavy (non-hydrogen) atoms. The molecule has 4 N–H and O–H groups in total. The van der Waals surface area contributed by atoms with Crippen LogP contribution >= 0.6 is 12.6 Å². The molecular formula is C25H25N3O5S2. The molecule has 0 saturated heterocycles. The number of aromatic hydroxyl groups is 1. The van der Waals surface area contributed by atoms with Crippen LogP contribution in [0.15, 0.2) is 83.9 Å². The lowest BCUT2D eigenvalue weighted by Crippen LogP contribution is -2.49. The highest BCUT2D eigenvalue weighted by atomic mass is 32.2. The first-order valence-corrected chi connectivity index (χ1v) is 12.9. The monoisotopic (exact) mass is 511 g/mol. The van der Waals surface area contributed by atoms with Crippen LogP contribution in [0, 0.1) is 0 Å². The van der Waals surface area contributed by atoms with Gasteiger partial charge >= 0.3 is 0 Å². The molecule has 10 heteroatoms. The number of nitrogens with one attached hydrogen (secondary N) is 2. The molecule has 0 radical (unpaired) electrons. The van der Waals surface area contributed by atoms with Gasteiger partial charge in [0.2, 0.25) is 10.0 Å². The smallest absolute Gasteiger partial charge is 0.262 e. The van der Waals surface area contributed by atoms with Crippen molar-refractivity contribution in [1.82, 2.24) is 14.8 Å². The molecule has 0 bridgehead atoms. The summed E-state index contributed by atoms with van der Waals surface area (Å²) in [5.74, 6) is -0.389. The Kier molecular flexibility index (Phi) is 7.46. The van der Waals surface area contributed by atoms with Gasteiger partial charge in [-0.05, 0) is 71.0 Å². The van der Waals surface area contributed by atoms with Gasteiger partial charge in [0.25, 0.3) is 5.91 Å². The summed E-state index contributed by atoms with van der Waals surface area (Å²) in [6, 6.07) is 18.5. The lowest BCUT2D eigenvalue weighted by atomic mass is 10.0. The van der Waals surface area contributed by atoms with Gasteiger partial charge in [-0.3, -0.25) is 10.0 Å². The maximum Gasteiger partial charge on any atom is 0.262 e. The van der Waals surface area contributed by atoms with Crippen molar-refractivity contribution in [2.45, 2.75) is 29.7 Å². The Labute approximate surface area is 208 Å². The van der Waals surface area contributed by atoms with Crippen molar-refractivity contribution in [3.05, 3.63) is 95.7 Å². The number of phenols is 1. The third-order valence-corrected chi connectivity index (χ3v) is 8.03. The Morgan fingerprint density at radius 3 is 2.29 bits per heavy atom. The maximum absolute atomic E-state index is 13.8. The van der Waals surface area contributed by atoms with Crippen molar-refractivity contribution >= 4 is 39.5 Å². The van der Waals surface area contributed by atoms with Gasteiger partial charge in [0.1, 0.15) is 11.8 Å². The number of H-pyrrole nitrogens is 1. The molecule has 1 atom stereocenters. The molecule has 0 fully saturated rings. The summed E-state index contributed by atoms with van der Waals surface area (Å²) in [5, 5.41) is 20.0. The number of hydrogen-bond donors (Lipinski definition) is 5. The molecule has 4 aromatic rings. The fraction of sp³-hybridized carbons (Fsp3) is 0.160. The molecule has 8 nitrogen and oxygen atoms in total. The van der Waals surface area contributed by atoms with E-state index in [1.807, 2.05) is 30.3 Å². The van der Waals surface area contributed by atoms with Crippen LogP contribution in [0.4, 0.5) is 0 Å². The highest BCUT2D eigenvalue weighted by Crippen LogP contribution is 2.26. The first-order chi connectivity index (χ1) is 16.8. The van der Waals surface area contributed by atoms with Crippen LogP contribution in [0.3, 0.4) is 0 Å². The van der Waals surface area contributed by atoms with Gasteiger partial charge in [-0.2, -0.15) is 16.9 Å². The van der Waals surface area contributed by atoms with E-state index in [1.165, 1.54) is 24.3 Å². The van der Waals surface area contributed by atoms with E-state index in [4.69, 9.17) is 0 Å². The van der Waals surface area contributed by atoms with Crippen LogP contribution in [-0.2, 0) is 33.5 Å². The predicted octanol–water partition coefficient (Wildman–Crippen LogP) is 3.61. The van der Waals surface area contributed by atoms with Crippen molar-refractivity contribution in [1.29, 1.82) is 0 Å².